The van der Waals surface area contributed by atoms with Gasteiger partial charge in [0.1, 0.15) is 17.5 Å². The molecule has 9 aromatic rings. The quantitative estimate of drug-likeness (QED) is 0.0522. The molecule has 3 amide bonds. The van der Waals surface area contributed by atoms with Crippen LogP contribution in [0.25, 0.3) is 33.1 Å². The highest BCUT2D eigenvalue weighted by molar-refractivity contribution is 6.01. The van der Waals surface area contributed by atoms with E-state index in [2.05, 4.69) is 103 Å². The minimum absolute atomic E-state index is 0.0672. The van der Waals surface area contributed by atoms with Crippen molar-refractivity contribution in [2.75, 3.05) is 149 Å². The Balaban J connectivity index is 0.000000146. The maximum atomic E-state index is 13.9. The molecule has 9 unspecified atom stereocenters. The first-order chi connectivity index (χ1) is 53.3. The van der Waals surface area contributed by atoms with Crippen molar-refractivity contribution in [3.63, 3.8) is 0 Å². The molecule has 15 rings (SSSR count). The van der Waals surface area contributed by atoms with E-state index in [1.807, 2.05) is 53.7 Å². The fourth-order valence-corrected chi connectivity index (χ4v) is 15.4. The van der Waals surface area contributed by atoms with Gasteiger partial charge in [-0.2, -0.15) is 0 Å². The van der Waals surface area contributed by atoms with Gasteiger partial charge in [-0.25, -0.2) is 41.3 Å². The smallest absolute Gasteiger partial charge is 0.254 e. The van der Waals surface area contributed by atoms with Crippen molar-refractivity contribution >= 4 is 85.3 Å². The van der Waals surface area contributed by atoms with Crippen molar-refractivity contribution < 1.29 is 54.9 Å². The summed E-state index contributed by atoms with van der Waals surface area (Å²) in [5.74, 6) is -3.49. The SMILES string of the molecule is CC1CN(C(=O)c2cc(C(C)Nc3ccc(F)c(F)c3)c3nc(N4CCOCC4)cnc3c2)CC(C)N1.CC1CN(C(=O)c2cc(C(C)Nc3ccc(F)c(F)c3)c3nc(N4CCOCC4)cnc3c2)CC(C)N1.CC1CN(C(=O)c2cc(C(C)Nc3ccc(F)c(F)c3)c3nc(N4CCOCC4)cnc3c2)CC(C)N1. The lowest BCUT2D eigenvalue weighted by molar-refractivity contribution is 0.0668. The van der Waals surface area contributed by atoms with E-state index >= 15 is 0 Å². The number of benzene rings is 6. The van der Waals surface area contributed by atoms with Gasteiger partial charge >= 0.3 is 0 Å². The molecule has 111 heavy (non-hydrogen) atoms. The number of anilines is 6. The molecule has 0 radical (unpaired) electrons. The molecule has 588 valence electrons. The van der Waals surface area contributed by atoms with E-state index in [4.69, 9.17) is 29.2 Å². The second-order valence-corrected chi connectivity index (χ2v) is 29.8. The predicted octanol–water partition coefficient (Wildman–Crippen LogP) is 11.2. The third-order valence-corrected chi connectivity index (χ3v) is 20.6. The zero-order chi connectivity index (χ0) is 78.3. The number of ether oxygens (including phenoxy) is 3. The Labute approximate surface area is 641 Å². The molecule has 6 fully saturated rings. The third kappa shape index (κ3) is 19.1. The summed E-state index contributed by atoms with van der Waals surface area (Å²) in [6.45, 7) is 29.8. The van der Waals surface area contributed by atoms with Gasteiger partial charge in [0.15, 0.2) is 34.9 Å². The number of halogens is 6. The Kier molecular flexibility index (Phi) is 25.0. The molecule has 3 aromatic heterocycles. The molecule has 0 saturated carbocycles. The van der Waals surface area contributed by atoms with Crippen LogP contribution in [0.2, 0.25) is 0 Å². The van der Waals surface area contributed by atoms with Gasteiger partial charge in [0, 0.05) is 183 Å². The summed E-state index contributed by atoms with van der Waals surface area (Å²) in [6, 6.07) is 22.1. The average Bonchev–Trinajstić information content (AvgIpc) is 0.781. The maximum absolute atomic E-state index is 13.9. The lowest BCUT2D eigenvalue weighted by Gasteiger charge is -2.36. The van der Waals surface area contributed by atoms with E-state index in [-0.39, 0.29) is 72.1 Å². The molecule has 0 aliphatic carbocycles. The number of morpholine rings is 3. The van der Waals surface area contributed by atoms with Crippen LogP contribution in [0.5, 0.6) is 0 Å². The van der Waals surface area contributed by atoms with Gasteiger partial charge in [-0.1, -0.05) is 0 Å². The zero-order valence-electron chi connectivity index (χ0n) is 63.9. The molecule has 24 nitrogen and oxygen atoms in total. The normalized spacial score (nSPS) is 21.2. The number of rotatable bonds is 15. The van der Waals surface area contributed by atoms with Crippen LogP contribution in [-0.2, 0) is 14.2 Å². The van der Waals surface area contributed by atoms with E-state index in [0.29, 0.717) is 185 Å². The van der Waals surface area contributed by atoms with Gasteiger partial charge in [0.05, 0.1) is 109 Å². The maximum Gasteiger partial charge on any atom is 0.254 e. The first-order valence-corrected chi connectivity index (χ1v) is 38.1. The number of piperazine rings is 3. The number of hydrogen-bond acceptors (Lipinski definition) is 21. The summed E-state index contributed by atoms with van der Waals surface area (Å²) < 4.78 is 98.5. The number of fused-ring (bicyclic) bond motifs is 3. The monoisotopic (exact) mass is 1530 g/mol. The Morgan fingerprint density at radius 2 is 0.613 bits per heavy atom. The number of carbonyl (C=O) groups excluding carboxylic acids is 3. The summed E-state index contributed by atoms with van der Waals surface area (Å²) >= 11 is 0. The number of aromatic nitrogens is 6. The average molecular weight is 1530 g/mol. The number of nitrogens with zero attached hydrogens (tertiary/aromatic N) is 12. The predicted molar refractivity (Wildman–Crippen MR) is 417 cm³/mol. The largest absolute Gasteiger partial charge is 0.378 e. The highest BCUT2D eigenvalue weighted by Gasteiger charge is 2.32. The number of nitrogens with one attached hydrogen (secondary N) is 6. The molecule has 0 bridgehead atoms. The van der Waals surface area contributed by atoms with Gasteiger partial charge in [-0.3, -0.25) is 29.3 Å². The van der Waals surface area contributed by atoms with Crippen LogP contribution in [-0.4, -0.2) is 217 Å². The second-order valence-electron chi connectivity index (χ2n) is 29.8. The Bertz CT molecular complexity index is 4340. The molecule has 0 spiro atoms. The van der Waals surface area contributed by atoms with Crippen LogP contribution >= 0.6 is 0 Å². The van der Waals surface area contributed by atoms with Gasteiger partial charge in [-0.05, 0) is 135 Å². The highest BCUT2D eigenvalue weighted by Crippen LogP contribution is 2.35. The van der Waals surface area contributed by atoms with Crippen LogP contribution in [0.1, 0.15) is 128 Å². The summed E-state index contributed by atoms with van der Waals surface area (Å²) in [4.78, 5) is 81.5. The fraction of sp³-hybridized carbons (Fsp3) is 0.444. The van der Waals surface area contributed by atoms with Crippen molar-refractivity contribution in [1.82, 2.24) is 60.6 Å². The van der Waals surface area contributed by atoms with E-state index in [1.165, 1.54) is 18.2 Å². The molecule has 6 aromatic carbocycles. The molecule has 9 heterocycles. The Morgan fingerprint density at radius 1 is 0.369 bits per heavy atom. The van der Waals surface area contributed by atoms with Crippen molar-refractivity contribution in [3.8, 4) is 0 Å². The van der Waals surface area contributed by atoms with Gasteiger partial charge in [-0.15, -0.1) is 0 Å². The van der Waals surface area contributed by atoms with E-state index in [9.17, 15) is 40.7 Å². The van der Waals surface area contributed by atoms with Crippen LogP contribution < -0.4 is 46.6 Å². The third-order valence-electron chi connectivity index (χ3n) is 20.6. The van der Waals surface area contributed by atoms with Crippen LogP contribution in [0.3, 0.4) is 0 Å². The highest BCUT2D eigenvalue weighted by atomic mass is 19.2. The molecular formula is C81H96F6N18O6. The number of amides is 3. The number of carbonyl (C=O) groups is 3. The summed E-state index contributed by atoms with van der Waals surface area (Å²) in [7, 11) is 0. The molecular weight excluding hydrogens is 1430 g/mol. The first kappa shape index (κ1) is 79.0. The van der Waals surface area contributed by atoms with Crippen LogP contribution in [0, 0.1) is 34.9 Å². The molecule has 6 saturated heterocycles. The van der Waals surface area contributed by atoms with Gasteiger partial charge in [0.25, 0.3) is 17.7 Å². The van der Waals surface area contributed by atoms with Crippen molar-refractivity contribution in [3.05, 3.63) is 178 Å². The van der Waals surface area contributed by atoms with Crippen molar-refractivity contribution in [2.45, 2.75) is 117 Å². The fourth-order valence-electron chi connectivity index (χ4n) is 15.4. The molecule has 6 aliphatic rings. The molecule has 6 N–H and O–H groups in total. The molecule has 30 heteroatoms. The Morgan fingerprint density at radius 3 is 0.847 bits per heavy atom. The van der Waals surface area contributed by atoms with Crippen molar-refractivity contribution in [2.24, 2.45) is 0 Å². The minimum Gasteiger partial charge on any atom is -0.378 e. The van der Waals surface area contributed by atoms with Gasteiger partial charge < -0.3 is 75.5 Å². The van der Waals surface area contributed by atoms with E-state index in [1.54, 1.807) is 36.8 Å². The summed E-state index contributed by atoms with van der Waals surface area (Å²) in [6.07, 6.45) is 5.19. The van der Waals surface area contributed by atoms with Crippen LogP contribution in [0.4, 0.5) is 60.9 Å². The number of hydrogen-bond donors (Lipinski definition) is 6. The zero-order valence-corrected chi connectivity index (χ0v) is 63.9. The first-order valence-electron chi connectivity index (χ1n) is 38.1. The minimum atomic E-state index is -0.928. The lowest BCUT2D eigenvalue weighted by atomic mass is 10.0. The van der Waals surface area contributed by atoms with Crippen molar-refractivity contribution in [1.29, 1.82) is 0 Å². The second kappa shape index (κ2) is 35.1. The summed E-state index contributed by atoms with van der Waals surface area (Å²) in [5.41, 5.74) is 8.91. The van der Waals surface area contributed by atoms with Crippen LogP contribution in [0.15, 0.2) is 110 Å². The summed E-state index contributed by atoms with van der Waals surface area (Å²) in [5, 5.41) is 20.1. The van der Waals surface area contributed by atoms with E-state index in [0.717, 1.165) is 70.5 Å². The topological polar surface area (TPSA) is 248 Å². The standard InChI is InChI=1S/3C27H32F2N6O2/c3*1-16-14-35(15-17(2)31-16)27(36)19-10-21(18(3)32-20-4-5-22(28)23(29)12-20)26-24(11-19)30-13-25(33-26)34-6-8-37-9-7-34/h3*4-5,10-13,16-18,31-32H,6-9,14-15H2,1-3H3. The Hall–Kier alpha value is -10.1. The lowest BCUT2D eigenvalue weighted by Crippen LogP contribution is -2.55. The molecule has 9 atom stereocenters. The molecule has 6 aliphatic heterocycles. The van der Waals surface area contributed by atoms with E-state index < -0.39 is 34.9 Å². The van der Waals surface area contributed by atoms with Gasteiger partial charge in [0.2, 0.25) is 0 Å².